The van der Waals surface area contributed by atoms with Gasteiger partial charge in [0.15, 0.2) is 0 Å². The molecule has 0 unspecified atom stereocenters. The Morgan fingerprint density at radius 3 is 1.76 bits per heavy atom. The Hall–Kier alpha value is -1.22. The molecule has 0 heterocycles. The van der Waals surface area contributed by atoms with Crippen LogP contribution >= 0.6 is 0 Å². The van der Waals surface area contributed by atoms with Crippen LogP contribution in [-0.4, -0.2) is 5.11 Å². The van der Waals surface area contributed by atoms with Gasteiger partial charge in [0.05, 0.1) is 6.61 Å². The first kappa shape index (κ1) is 13.8. The van der Waals surface area contributed by atoms with Crippen LogP contribution in [0.4, 0.5) is 11.4 Å². The van der Waals surface area contributed by atoms with Gasteiger partial charge in [-0.3, -0.25) is 0 Å². The van der Waals surface area contributed by atoms with E-state index in [1.54, 1.807) is 0 Å². The van der Waals surface area contributed by atoms with Crippen molar-refractivity contribution in [1.82, 2.24) is 0 Å². The van der Waals surface area contributed by atoms with Crippen LogP contribution in [0.2, 0.25) is 0 Å². The molecule has 0 aromatic heterocycles. The number of hydrogen-bond donors (Lipinski definition) is 3. The molecule has 0 radical (unpaired) electrons. The Labute approximate surface area is 104 Å². The third kappa shape index (κ3) is 2.39. The smallest absolute Gasteiger partial charge is 0.0704 e. The van der Waals surface area contributed by atoms with Crippen LogP contribution in [0, 0.1) is 0 Å². The summed E-state index contributed by atoms with van der Waals surface area (Å²) in [6.07, 6.45) is 3.68. The van der Waals surface area contributed by atoms with E-state index in [2.05, 4.69) is 13.8 Å². The van der Waals surface area contributed by atoms with Crippen LogP contribution in [0.5, 0.6) is 0 Å². The Morgan fingerprint density at radius 2 is 1.35 bits per heavy atom. The molecular weight excluding hydrogens is 212 g/mol. The standard InChI is InChI=1S/C14H24N2O/c1-4-7-11-9(5-2)12(8-17)14(16)10(6-3)13(11)15/h17H,4-8,15-16H2,1-3H3. The van der Waals surface area contributed by atoms with Crippen molar-refractivity contribution >= 4 is 11.4 Å². The van der Waals surface area contributed by atoms with Crippen molar-refractivity contribution in [2.75, 3.05) is 11.5 Å². The van der Waals surface area contributed by atoms with Crippen LogP contribution < -0.4 is 11.5 Å². The molecule has 96 valence electrons. The van der Waals surface area contributed by atoms with Gasteiger partial charge in [0.1, 0.15) is 0 Å². The molecule has 0 saturated heterocycles. The lowest BCUT2D eigenvalue weighted by atomic mass is 9.89. The molecule has 0 aliphatic rings. The van der Waals surface area contributed by atoms with Gasteiger partial charge in [0.2, 0.25) is 0 Å². The second-order valence-electron chi connectivity index (χ2n) is 4.36. The first-order valence-corrected chi connectivity index (χ1v) is 6.43. The highest BCUT2D eigenvalue weighted by molar-refractivity contribution is 5.72. The van der Waals surface area contributed by atoms with Gasteiger partial charge in [-0.2, -0.15) is 0 Å². The van der Waals surface area contributed by atoms with Gasteiger partial charge in [0, 0.05) is 16.9 Å². The molecule has 1 aromatic carbocycles. The maximum atomic E-state index is 9.51. The van der Waals surface area contributed by atoms with Crippen molar-refractivity contribution in [3.05, 3.63) is 22.3 Å². The first-order chi connectivity index (χ1) is 8.12. The Bertz CT molecular complexity index is 400. The van der Waals surface area contributed by atoms with Gasteiger partial charge < -0.3 is 16.6 Å². The maximum absolute atomic E-state index is 9.51. The third-order valence-electron chi connectivity index (χ3n) is 3.39. The van der Waals surface area contributed by atoms with E-state index in [1.165, 1.54) is 5.56 Å². The number of aliphatic hydroxyl groups is 1. The highest BCUT2D eigenvalue weighted by atomic mass is 16.3. The second kappa shape index (κ2) is 5.92. The molecule has 5 N–H and O–H groups in total. The van der Waals surface area contributed by atoms with E-state index in [4.69, 9.17) is 11.5 Å². The number of aliphatic hydroxyl groups excluding tert-OH is 1. The predicted molar refractivity (Wildman–Crippen MR) is 73.9 cm³/mol. The average Bonchev–Trinajstić information content (AvgIpc) is 2.33. The van der Waals surface area contributed by atoms with Crippen LogP contribution in [0.1, 0.15) is 49.4 Å². The molecule has 0 aliphatic carbocycles. The lowest BCUT2D eigenvalue weighted by Crippen LogP contribution is -2.12. The molecule has 0 amide bonds. The number of anilines is 2. The molecule has 0 saturated carbocycles. The fourth-order valence-electron chi connectivity index (χ4n) is 2.54. The van der Waals surface area contributed by atoms with E-state index in [0.717, 1.165) is 48.1 Å². The van der Waals surface area contributed by atoms with E-state index >= 15 is 0 Å². The number of nitrogen functional groups attached to an aromatic ring is 2. The van der Waals surface area contributed by atoms with E-state index in [-0.39, 0.29) is 6.61 Å². The molecule has 0 spiro atoms. The van der Waals surface area contributed by atoms with Crippen LogP contribution in [-0.2, 0) is 25.9 Å². The van der Waals surface area contributed by atoms with Crippen molar-refractivity contribution < 1.29 is 5.11 Å². The highest BCUT2D eigenvalue weighted by Crippen LogP contribution is 2.34. The predicted octanol–water partition coefficient (Wildman–Crippen LogP) is 2.42. The van der Waals surface area contributed by atoms with Crippen LogP contribution in [0.3, 0.4) is 0 Å². The van der Waals surface area contributed by atoms with E-state index < -0.39 is 0 Å². The maximum Gasteiger partial charge on any atom is 0.0704 e. The average molecular weight is 236 g/mol. The van der Waals surface area contributed by atoms with Gasteiger partial charge in [-0.15, -0.1) is 0 Å². The van der Waals surface area contributed by atoms with Crippen LogP contribution in [0.25, 0.3) is 0 Å². The lowest BCUT2D eigenvalue weighted by molar-refractivity contribution is 0.281. The fourth-order valence-corrected chi connectivity index (χ4v) is 2.54. The van der Waals surface area contributed by atoms with Crippen molar-refractivity contribution in [1.29, 1.82) is 0 Å². The molecule has 3 heteroatoms. The van der Waals surface area contributed by atoms with E-state index in [9.17, 15) is 5.11 Å². The van der Waals surface area contributed by atoms with Gasteiger partial charge in [0.25, 0.3) is 0 Å². The van der Waals surface area contributed by atoms with Crippen molar-refractivity contribution in [2.24, 2.45) is 0 Å². The first-order valence-electron chi connectivity index (χ1n) is 6.43. The largest absolute Gasteiger partial charge is 0.398 e. The zero-order valence-corrected chi connectivity index (χ0v) is 11.1. The number of hydrogen-bond acceptors (Lipinski definition) is 3. The van der Waals surface area contributed by atoms with Gasteiger partial charge in [-0.05, 0) is 36.0 Å². The highest BCUT2D eigenvalue weighted by Gasteiger charge is 2.17. The number of benzene rings is 1. The summed E-state index contributed by atoms with van der Waals surface area (Å²) in [5.74, 6) is 0. The summed E-state index contributed by atoms with van der Waals surface area (Å²) in [7, 11) is 0. The molecule has 0 bridgehead atoms. The summed E-state index contributed by atoms with van der Waals surface area (Å²) in [6, 6.07) is 0. The zero-order chi connectivity index (χ0) is 13.0. The Kier molecular flexibility index (Phi) is 4.82. The van der Waals surface area contributed by atoms with Gasteiger partial charge in [-0.1, -0.05) is 27.2 Å². The summed E-state index contributed by atoms with van der Waals surface area (Å²) < 4.78 is 0. The molecule has 3 nitrogen and oxygen atoms in total. The topological polar surface area (TPSA) is 72.3 Å². The minimum absolute atomic E-state index is 0.000991. The minimum Gasteiger partial charge on any atom is -0.398 e. The Balaban J connectivity index is 3.55. The van der Waals surface area contributed by atoms with Crippen LogP contribution in [0.15, 0.2) is 0 Å². The quantitative estimate of drug-likeness (QED) is 0.687. The SMILES string of the molecule is CCCc1c(N)c(CC)c(N)c(CO)c1CC. The molecular formula is C14H24N2O. The van der Waals surface area contributed by atoms with E-state index in [0.29, 0.717) is 5.69 Å². The number of rotatable bonds is 5. The van der Waals surface area contributed by atoms with Crippen molar-refractivity contribution in [3.8, 4) is 0 Å². The normalized spacial score (nSPS) is 10.8. The summed E-state index contributed by atoms with van der Waals surface area (Å²) in [5, 5.41) is 9.51. The molecule has 0 atom stereocenters. The van der Waals surface area contributed by atoms with Crippen molar-refractivity contribution in [2.45, 2.75) is 53.1 Å². The summed E-state index contributed by atoms with van der Waals surface area (Å²) in [5.41, 5.74) is 18.0. The minimum atomic E-state index is -0.000991. The van der Waals surface area contributed by atoms with Gasteiger partial charge >= 0.3 is 0 Å². The van der Waals surface area contributed by atoms with Crippen molar-refractivity contribution in [3.63, 3.8) is 0 Å². The summed E-state index contributed by atoms with van der Waals surface area (Å²) >= 11 is 0. The lowest BCUT2D eigenvalue weighted by Gasteiger charge is -2.21. The zero-order valence-electron chi connectivity index (χ0n) is 11.1. The van der Waals surface area contributed by atoms with Gasteiger partial charge in [-0.25, -0.2) is 0 Å². The van der Waals surface area contributed by atoms with E-state index in [1.807, 2.05) is 6.92 Å². The molecule has 1 rings (SSSR count). The monoisotopic (exact) mass is 236 g/mol. The number of nitrogens with two attached hydrogens (primary N) is 2. The molecule has 1 aromatic rings. The third-order valence-corrected chi connectivity index (χ3v) is 3.39. The molecule has 0 aliphatic heterocycles. The Morgan fingerprint density at radius 1 is 0.824 bits per heavy atom. The fraction of sp³-hybridized carbons (Fsp3) is 0.571. The summed E-state index contributed by atoms with van der Waals surface area (Å²) in [6.45, 7) is 6.27. The second-order valence-corrected chi connectivity index (χ2v) is 4.36. The molecule has 17 heavy (non-hydrogen) atoms. The summed E-state index contributed by atoms with van der Waals surface area (Å²) in [4.78, 5) is 0. The molecule has 0 fully saturated rings.